The Morgan fingerprint density at radius 3 is 2.47 bits per heavy atom. The van der Waals surface area contributed by atoms with Gasteiger partial charge in [0, 0.05) is 19.5 Å². The van der Waals surface area contributed by atoms with Crippen molar-refractivity contribution in [3.8, 4) is 0 Å². The van der Waals surface area contributed by atoms with Crippen molar-refractivity contribution in [1.82, 2.24) is 4.90 Å². The first-order valence-electron chi connectivity index (χ1n) is 6.75. The topological polar surface area (TPSA) is 40.5 Å². The molecule has 3 nitrogen and oxygen atoms in total. The molecule has 0 unspecified atom stereocenters. The minimum Gasteiger partial charge on any atom is -0.395 e. The maximum Gasteiger partial charge on any atom is 0.222 e. The van der Waals surface area contributed by atoms with Crippen LogP contribution in [0.4, 0.5) is 0 Å². The number of unbranched alkanes of at least 4 members (excludes halogenated alkanes) is 5. The van der Waals surface area contributed by atoms with Crippen LogP contribution in [0.25, 0.3) is 0 Å². The number of hydrogen-bond acceptors (Lipinski definition) is 2. The molecule has 0 saturated heterocycles. The van der Waals surface area contributed by atoms with Gasteiger partial charge in [0.25, 0.3) is 0 Å². The summed E-state index contributed by atoms with van der Waals surface area (Å²) in [4.78, 5) is 13.4. The number of hydrogen-bond donors (Lipinski definition) is 1. The van der Waals surface area contributed by atoms with Crippen LogP contribution >= 0.6 is 0 Å². The lowest BCUT2D eigenvalue weighted by Crippen LogP contribution is -2.33. The van der Waals surface area contributed by atoms with E-state index in [2.05, 4.69) is 13.5 Å². The predicted octanol–water partition coefficient (Wildman–Crippen LogP) is 2.74. The highest BCUT2D eigenvalue weighted by molar-refractivity contribution is 5.76. The zero-order valence-electron chi connectivity index (χ0n) is 11.2. The molecule has 1 N–H and O–H groups in total. The van der Waals surface area contributed by atoms with E-state index in [4.69, 9.17) is 5.11 Å². The molecule has 0 bridgehead atoms. The van der Waals surface area contributed by atoms with Crippen molar-refractivity contribution in [2.75, 3.05) is 19.7 Å². The first kappa shape index (κ1) is 16.2. The van der Waals surface area contributed by atoms with Crippen molar-refractivity contribution < 1.29 is 9.90 Å². The van der Waals surface area contributed by atoms with Gasteiger partial charge in [-0.1, -0.05) is 45.1 Å². The highest BCUT2D eigenvalue weighted by Gasteiger charge is 2.10. The molecule has 0 saturated carbocycles. The molecule has 0 fully saturated rings. The summed E-state index contributed by atoms with van der Waals surface area (Å²) in [5.74, 6) is 0.134. The standard InChI is InChI=1S/C14H27NO2/c1-3-5-6-7-8-9-10-14(17)15(11-4-2)12-13-16/h4,16H,2-3,5-13H2,1H3. The van der Waals surface area contributed by atoms with Crippen molar-refractivity contribution in [1.29, 1.82) is 0 Å². The van der Waals surface area contributed by atoms with E-state index in [-0.39, 0.29) is 12.5 Å². The van der Waals surface area contributed by atoms with Gasteiger partial charge in [-0.05, 0) is 6.42 Å². The molecule has 0 aromatic rings. The first-order chi connectivity index (χ1) is 8.26. The average molecular weight is 241 g/mol. The molecule has 0 rings (SSSR count). The van der Waals surface area contributed by atoms with Gasteiger partial charge in [-0.3, -0.25) is 4.79 Å². The molecule has 0 spiro atoms. The summed E-state index contributed by atoms with van der Waals surface area (Å²) in [6.07, 6.45) is 9.44. The highest BCUT2D eigenvalue weighted by Crippen LogP contribution is 2.08. The van der Waals surface area contributed by atoms with Crippen molar-refractivity contribution in [3.05, 3.63) is 12.7 Å². The second-order valence-corrected chi connectivity index (χ2v) is 4.37. The Balaban J connectivity index is 3.63. The number of amides is 1. The van der Waals surface area contributed by atoms with Gasteiger partial charge >= 0.3 is 0 Å². The van der Waals surface area contributed by atoms with Gasteiger partial charge in [-0.15, -0.1) is 6.58 Å². The largest absolute Gasteiger partial charge is 0.395 e. The highest BCUT2D eigenvalue weighted by atomic mass is 16.3. The van der Waals surface area contributed by atoms with Crippen LogP contribution in [-0.4, -0.2) is 35.6 Å². The Kier molecular flexibility index (Phi) is 11.1. The minimum absolute atomic E-state index is 0.0239. The SMILES string of the molecule is C=CCN(CCO)C(=O)CCCCCCCC. The van der Waals surface area contributed by atoms with Gasteiger partial charge in [-0.25, -0.2) is 0 Å². The predicted molar refractivity (Wildman–Crippen MR) is 71.9 cm³/mol. The van der Waals surface area contributed by atoms with Crippen LogP contribution in [0.15, 0.2) is 12.7 Å². The second-order valence-electron chi connectivity index (χ2n) is 4.37. The van der Waals surface area contributed by atoms with E-state index in [9.17, 15) is 4.79 Å². The molecule has 0 aliphatic heterocycles. The molecule has 0 aliphatic rings. The molecule has 100 valence electrons. The van der Waals surface area contributed by atoms with Crippen LogP contribution in [0.1, 0.15) is 51.9 Å². The Labute approximate surface area is 106 Å². The molecular weight excluding hydrogens is 214 g/mol. The molecule has 0 radical (unpaired) electrons. The lowest BCUT2D eigenvalue weighted by Gasteiger charge is -2.19. The number of carbonyl (C=O) groups is 1. The Morgan fingerprint density at radius 2 is 1.88 bits per heavy atom. The van der Waals surface area contributed by atoms with Gasteiger partial charge in [-0.2, -0.15) is 0 Å². The molecule has 0 aromatic carbocycles. The molecular formula is C14H27NO2. The fourth-order valence-corrected chi connectivity index (χ4v) is 1.81. The summed E-state index contributed by atoms with van der Waals surface area (Å²) in [6, 6.07) is 0. The first-order valence-corrected chi connectivity index (χ1v) is 6.75. The van der Waals surface area contributed by atoms with Gasteiger partial charge in [0.15, 0.2) is 0 Å². The fourth-order valence-electron chi connectivity index (χ4n) is 1.81. The molecule has 0 heterocycles. The van der Waals surface area contributed by atoms with E-state index >= 15 is 0 Å². The number of aliphatic hydroxyl groups excluding tert-OH is 1. The molecule has 0 aliphatic carbocycles. The lowest BCUT2D eigenvalue weighted by atomic mass is 10.1. The van der Waals surface area contributed by atoms with Gasteiger partial charge in [0.2, 0.25) is 5.91 Å². The maximum atomic E-state index is 11.8. The third-order valence-corrected chi connectivity index (χ3v) is 2.82. The summed E-state index contributed by atoms with van der Waals surface area (Å²) >= 11 is 0. The van der Waals surface area contributed by atoms with E-state index in [0.717, 1.165) is 12.8 Å². The molecule has 17 heavy (non-hydrogen) atoms. The number of aliphatic hydroxyl groups is 1. The summed E-state index contributed by atoms with van der Waals surface area (Å²) in [5.41, 5.74) is 0. The van der Waals surface area contributed by atoms with Gasteiger partial charge in [0.1, 0.15) is 0 Å². The number of nitrogens with zero attached hydrogens (tertiary/aromatic N) is 1. The number of rotatable bonds is 11. The third kappa shape index (κ3) is 8.93. The van der Waals surface area contributed by atoms with Crippen LogP contribution in [-0.2, 0) is 4.79 Å². The summed E-state index contributed by atoms with van der Waals surface area (Å²) in [5, 5.41) is 8.85. The normalized spacial score (nSPS) is 10.2. The lowest BCUT2D eigenvalue weighted by molar-refractivity contribution is -0.131. The zero-order chi connectivity index (χ0) is 12.9. The van der Waals surface area contributed by atoms with Crippen LogP contribution in [0, 0.1) is 0 Å². The van der Waals surface area contributed by atoms with E-state index in [1.165, 1.54) is 25.7 Å². The Bertz CT molecular complexity index is 204. The molecule has 0 aromatic heterocycles. The van der Waals surface area contributed by atoms with Crippen LogP contribution in [0.5, 0.6) is 0 Å². The van der Waals surface area contributed by atoms with Crippen molar-refractivity contribution >= 4 is 5.91 Å². The number of carbonyl (C=O) groups excluding carboxylic acids is 1. The maximum absolute atomic E-state index is 11.8. The zero-order valence-corrected chi connectivity index (χ0v) is 11.2. The Hall–Kier alpha value is -0.830. The summed E-state index contributed by atoms with van der Waals surface area (Å²) in [7, 11) is 0. The smallest absolute Gasteiger partial charge is 0.222 e. The van der Waals surface area contributed by atoms with Crippen LogP contribution in [0.2, 0.25) is 0 Å². The van der Waals surface area contributed by atoms with Crippen LogP contribution < -0.4 is 0 Å². The summed E-state index contributed by atoms with van der Waals surface area (Å²) in [6.45, 7) is 6.80. The fraction of sp³-hybridized carbons (Fsp3) is 0.786. The monoisotopic (exact) mass is 241 g/mol. The summed E-state index contributed by atoms with van der Waals surface area (Å²) < 4.78 is 0. The second kappa shape index (κ2) is 11.6. The molecule has 1 amide bonds. The molecule has 3 heteroatoms. The van der Waals surface area contributed by atoms with Crippen molar-refractivity contribution in [2.24, 2.45) is 0 Å². The average Bonchev–Trinajstić information content (AvgIpc) is 2.33. The van der Waals surface area contributed by atoms with E-state index < -0.39 is 0 Å². The van der Waals surface area contributed by atoms with E-state index in [0.29, 0.717) is 19.5 Å². The molecule has 0 atom stereocenters. The Morgan fingerprint density at radius 1 is 1.24 bits per heavy atom. The third-order valence-electron chi connectivity index (χ3n) is 2.82. The quantitative estimate of drug-likeness (QED) is 0.446. The minimum atomic E-state index is 0.0239. The van der Waals surface area contributed by atoms with E-state index in [1.807, 2.05) is 0 Å². The van der Waals surface area contributed by atoms with Crippen molar-refractivity contribution in [3.63, 3.8) is 0 Å². The van der Waals surface area contributed by atoms with Gasteiger partial charge in [0.05, 0.1) is 6.61 Å². The van der Waals surface area contributed by atoms with Crippen LogP contribution in [0.3, 0.4) is 0 Å². The van der Waals surface area contributed by atoms with Crippen molar-refractivity contribution in [2.45, 2.75) is 51.9 Å². The van der Waals surface area contributed by atoms with Gasteiger partial charge < -0.3 is 10.0 Å². The van der Waals surface area contributed by atoms with E-state index in [1.54, 1.807) is 11.0 Å².